The van der Waals surface area contributed by atoms with Crippen LogP contribution in [0.2, 0.25) is 0 Å². The SMILES string of the molecule is CCP(=O)(CC)Oc1cc(F)ccc1C=O. The molecule has 1 aromatic rings. The molecule has 0 atom stereocenters. The fourth-order valence-corrected chi connectivity index (χ4v) is 2.44. The molecule has 0 spiro atoms. The molecule has 0 bridgehead atoms. The highest BCUT2D eigenvalue weighted by Crippen LogP contribution is 2.46. The van der Waals surface area contributed by atoms with Crippen LogP contribution in [-0.4, -0.2) is 18.6 Å². The van der Waals surface area contributed by atoms with E-state index in [9.17, 15) is 13.8 Å². The highest BCUT2D eigenvalue weighted by atomic mass is 31.2. The van der Waals surface area contributed by atoms with Crippen molar-refractivity contribution >= 4 is 13.7 Å². The summed E-state index contributed by atoms with van der Waals surface area (Å²) in [5.74, 6) is -0.457. The van der Waals surface area contributed by atoms with Gasteiger partial charge in [0.25, 0.3) is 0 Å². The maximum absolute atomic E-state index is 13.0. The molecule has 0 aliphatic rings. The average Bonchev–Trinajstić information content (AvgIpc) is 2.29. The first-order valence-electron chi connectivity index (χ1n) is 5.07. The molecule has 5 heteroatoms. The van der Waals surface area contributed by atoms with Gasteiger partial charge in [-0.25, -0.2) is 4.39 Å². The number of carbonyl (C=O) groups excluding carboxylic acids is 1. The third-order valence-electron chi connectivity index (χ3n) is 2.33. The Morgan fingerprint density at radius 1 is 1.38 bits per heavy atom. The zero-order chi connectivity index (χ0) is 12.2. The second kappa shape index (κ2) is 5.26. The lowest BCUT2D eigenvalue weighted by atomic mass is 10.2. The molecule has 1 aromatic carbocycles. The van der Waals surface area contributed by atoms with Gasteiger partial charge in [0, 0.05) is 18.4 Å². The van der Waals surface area contributed by atoms with Crippen molar-refractivity contribution in [3.8, 4) is 5.75 Å². The van der Waals surface area contributed by atoms with E-state index < -0.39 is 13.2 Å². The molecule has 88 valence electrons. The quantitative estimate of drug-likeness (QED) is 0.589. The summed E-state index contributed by atoms with van der Waals surface area (Å²) in [5.41, 5.74) is 0.212. The van der Waals surface area contributed by atoms with E-state index in [4.69, 9.17) is 4.52 Å². The fourth-order valence-electron chi connectivity index (χ4n) is 1.22. The van der Waals surface area contributed by atoms with Gasteiger partial charge in [0.2, 0.25) is 7.37 Å². The van der Waals surface area contributed by atoms with E-state index in [1.54, 1.807) is 13.8 Å². The van der Waals surface area contributed by atoms with Crippen molar-refractivity contribution in [2.24, 2.45) is 0 Å². The number of hydrogen-bond donors (Lipinski definition) is 0. The molecule has 0 N–H and O–H groups in total. The van der Waals surface area contributed by atoms with Crippen LogP contribution in [0, 0.1) is 5.82 Å². The largest absolute Gasteiger partial charge is 0.442 e. The summed E-state index contributed by atoms with van der Waals surface area (Å²) >= 11 is 0. The van der Waals surface area contributed by atoms with Crippen LogP contribution in [-0.2, 0) is 4.57 Å². The minimum absolute atomic E-state index is 0.0574. The van der Waals surface area contributed by atoms with Gasteiger partial charge in [-0.3, -0.25) is 9.36 Å². The summed E-state index contributed by atoms with van der Waals surface area (Å²) in [6.07, 6.45) is 1.28. The van der Waals surface area contributed by atoms with Crippen LogP contribution in [0.3, 0.4) is 0 Å². The van der Waals surface area contributed by atoms with Gasteiger partial charge in [0.1, 0.15) is 11.6 Å². The van der Waals surface area contributed by atoms with E-state index in [1.807, 2.05) is 0 Å². The number of aldehydes is 1. The number of rotatable bonds is 5. The molecular formula is C11H14FO3P. The second-order valence-electron chi connectivity index (χ2n) is 3.34. The Hall–Kier alpha value is -1.15. The topological polar surface area (TPSA) is 43.4 Å². The van der Waals surface area contributed by atoms with Crippen molar-refractivity contribution in [3.63, 3.8) is 0 Å². The minimum Gasteiger partial charge on any atom is -0.442 e. The standard InChI is InChI=1S/C11H14FO3P/c1-3-16(14,4-2)15-11-7-10(12)6-5-9(11)8-13/h5-8H,3-4H2,1-2H3. The molecule has 0 aliphatic heterocycles. The van der Waals surface area contributed by atoms with Crippen LogP contribution < -0.4 is 4.52 Å². The van der Waals surface area contributed by atoms with Gasteiger partial charge < -0.3 is 4.52 Å². The van der Waals surface area contributed by atoms with Crippen molar-refractivity contribution in [2.45, 2.75) is 13.8 Å². The van der Waals surface area contributed by atoms with Crippen molar-refractivity contribution in [2.75, 3.05) is 12.3 Å². The average molecular weight is 244 g/mol. The monoisotopic (exact) mass is 244 g/mol. The zero-order valence-corrected chi connectivity index (χ0v) is 10.2. The van der Waals surface area contributed by atoms with Crippen molar-refractivity contribution < 1.29 is 18.3 Å². The van der Waals surface area contributed by atoms with Crippen LogP contribution in [0.15, 0.2) is 18.2 Å². The Balaban J connectivity index is 3.08. The van der Waals surface area contributed by atoms with Crippen molar-refractivity contribution in [1.82, 2.24) is 0 Å². The van der Waals surface area contributed by atoms with E-state index in [0.717, 1.165) is 6.07 Å². The van der Waals surface area contributed by atoms with Gasteiger partial charge in [-0.2, -0.15) is 0 Å². The summed E-state index contributed by atoms with van der Waals surface area (Å²) in [4.78, 5) is 10.7. The highest BCUT2D eigenvalue weighted by Gasteiger charge is 2.21. The second-order valence-corrected chi connectivity index (χ2v) is 6.41. The summed E-state index contributed by atoms with van der Waals surface area (Å²) in [5, 5.41) is 0. The Morgan fingerprint density at radius 2 is 2.00 bits per heavy atom. The molecule has 16 heavy (non-hydrogen) atoms. The Labute approximate surface area is 94.1 Å². The van der Waals surface area contributed by atoms with Crippen molar-refractivity contribution in [3.05, 3.63) is 29.6 Å². The normalized spacial score (nSPS) is 11.2. The maximum atomic E-state index is 13.0. The third-order valence-corrected chi connectivity index (χ3v) is 4.79. The summed E-state index contributed by atoms with van der Waals surface area (Å²) in [7, 11) is -2.79. The van der Waals surface area contributed by atoms with Gasteiger partial charge in [-0.1, -0.05) is 13.8 Å². The molecule has 0 aliphatic carbocycles. The van der Waals surface area contributed by atoms with E-state index in [0.29, 0.717) is 18.6 Å². The number of benzene rings is 1. The number of halogens is 1. The number of carbonyl (C=O) groups is 1. The summed E-state index contributed by atoms with van der Waals surface area (Å²) in [6.45, 7) is 3.48. The molecular weight excluding hydrogens is 230 g/mol. The summed E-state index contributed by atoms with van der Waals surface area (Å²) < 4.78 is 30.3. The Kier molecular flexibility index (Phi) is 4.25. The zero-order valence-electron chi connectivity index (χ0n) is 9.27. The van der Waals surface area contributed by atoms with Gasteiger partial charge in [0.15, 0.2) is 6.29 Å². The van der Waals surface area contributed by atoms with Gasteiger partial charge in [0.05, 0.1) is 5.56 Å². The lowest BCUT2D eigenvalue weighted by Crippen LogP contribution is -2.01. The summed E-state index contributed by atoms with van der Waals surface area (Å²) in [6, 6.07) is 3.56. The molecule has 0 aromatic heterocycles. The molecule has 1 rings (SSSR count). The van der Waals surface area contributed by atoms with Crippen LogP contribution in [0.1, 0.15) is 24.2 Å². The molecule has 0 saturated carbocycles. The van der Waals surface area contributed by atoms with E-state index in [-0.39, 0.29) is 11.3 Å². The van der Waals surface area contributed by atoms with E-state index in [1.165, 1.54) is 12.1 Å². The van der Waals surface area contributed by atoms with Gasteiger partial charge >= 0.3 is 0 Å². The highest BCUT2D eigenvalue weighted by molar-refractivity contribution is 7.59. The molecule has 0 saturated heterocycles. The molecule has 3 nitrogen and oxygen atoms in total. The van der Waals surface area contributed by atoms with Crippen LogP contribution in [0.25, 0.3) is 0 Å². The van der Waals surface area contributed by atoms with Gasteiger partial charge in [-0.15, -0.1) is 0 Å². The molecule has 0 unspecified atom stereocenters. The smallest absolute Gasteiger partial charge is 0.247 e. The fraction of sp³-hybridized carbons (Fsp3) is 0.364. The third kappa shape index (κ3) is 2.92. The van der Waals surface area contributed by atoms with E-state index >= 15 is 0 Å². The van der Waals surface area contributed by atoms with Gasteiger partial charge in [-0.05, 0) is 12.1 Å². The van der Waals surface area contributed by atoms with Crippen LogP contribution >= 0.6 is 7.37 Å². The molecule has 0 fully saturated rings. The predicted octanol–water partition coefficient (Wildman–Crippen LogP) is 3.33. The van der Waals surface area contributed by atoms with Crippen LogP contribution in [0.5, 0.6) is 5.75 Å². The van der Waals surface area contributed by atoms with Crippen molar-refractivity contribution in [1.29, 1.82) is 0 Å². The first-order chi connectivity index (χ1) is 7.54. The molecule has 0 radical (unpaired) electrons. The Morgan fingerprint density at radius 3 is 2.50 bits per heavy atom. The Bertz CT molecular complexity index is 423. The van der Waals surface area contributed by atoms with Crippen LogP contribution in [0.4, 0.5) is 4.39 Å². The predicted molar refractivity (Wildman–Crippen MR) is 61.1 cm³/mol. The lowest BCUT2D eigenvalue weighted by molar-refractivity contribution is 0.112. The molecule has 0 amide bonds. The first kappa shape index (κ1) is 12.9. The maximum Gasteiger partial charge on any atom is 0.247 e. The molecule has 0 heterocycles. The lowest BCUT2D eigenvalue weighted by Gasteiger charge is -2.17. The first-order valence-corrected chi connectivity index (χ1v) is 7.06. The number of hydrogen-bond acceptors (Lipinski definition) is 3. The minimum atomic E-state index is -2.79. The van der Waals surface area contributed by atoms with E-state index in [2.05, 4.69) is 0 Å².